The minimum absolute atomic E-state index is 0.588. The largest absolute Gasteiger partial charge is 0.501 e. The maximum atomic E-state index is 5.31. The maximum Gasteiger partial charge on any atom is 0.0914 e. The van der Waals surface area contributed by atoms with Crippen LogP contribution in [0.1, 0.15) is 37.7 Å². The molecule has 0 spiro atoms. The van der Waals surface area contributed by atoms with Crippen molar-refractivity contribution < 1.29 is 4.74 Å². The third-order valence-corrected chi connectivity index (χ3v) is 4.18. The fraction of sp³-hybridized carbons (Fsp3) is 0.529. The molecule has 2 unspecified atom stereocenters. The van der Waals surface area contributed by atoms with E-state index in [-0.39, 0.29) is 0 Å². The van der Waals surface area contributed by atoms with E-state index < -0.39 is 0 Å². The predicted octanol–water partition coefficient (Wildman–Crippen LogP) is 4.59. The summed E-state index contributed by atoms with van der Waals surface area (Å²) in [5.41, 5.74) is 1.46. The van der Waals surface area contributed by atoms with Gasteiger partial charge >= 0.3 is 0 Å². The van der Waals surface area contributed by atoms with E-state index in [1.807, 2.05) is 0 Å². The standard InChI is InChI=1S/C17H24O/c1-14(18-2)17-10-6-9-16(13-17)12-11-15-7-4-3-5-8-15/h3-5,7-8,16-17H,1,6,9-13H2,2H3. The highest BCUT2D eigenvalue weighted by Gasteiger charge is 2.24. The lowest BCUT2D eigenvalue weighted by atomic mass is 9.78. The number of methoxy groups -OCH3 is 1. The van der Waals surface area contributed by atoms with E-state index in [1.54, 1.807) is 7.11 Å². The number of aryl methyl sites for hydroxylation is 1. The Morgan fingerprint density at radius 1 is 1.28 bits per heavy atom. The maximum absolute atomic E-state index is 5.31. The summed E-state index contributed by atoms with van der Waals surface area (Å²) in [7, 11) is 1.75. The van der Waals surface area contributed by atoms with E-state index in [0.717, 1.165) is 11.7 Å². The van der Waals surface area contributed by atoms with Crippen LogP contribution in [-0.2, 0) is 11.2 Å². The second kappa shape index (κ2) is 6.63. The summed E-state index contributed by atoms with van der Waals surface area (Å²) in [6.45, 7) is 4.03. The molecular formula is C17H24O. The van der Waals surface area contributed by atoms with Gasteiger partial charge in [-0.2, -0.15) is 0 Å². The number of benzene rings is 1. The summed E-state index contributed by atoms with van der Waals surface area (Å²) < 4.78 is 5.31. The molecule has 98 valence electrons. The fourth-order valence-corrected chi connectivity index (χ4v) is 3.03. The molecular weight excluding hydrogens is 220 g/mol. The Labute approximate surface area is 111 Å². The molecule has 0 heterocycles. The topological polar surface area (TPSA) is 9.23 Å². The van der Waals surface area contributed by atoms with Crippen molar-refractivity contribution in [2.45, 2.75) is 38.5 Å². The zero-order valence-electron chi connectivity index (χ0n) is 11.4. The van der Waals surface area contributed by atoms with Gasteiger partial charge < -0.3 is 4.74 Å². The summed E-state index contributed by atoms with van der Waals surface area (Å²) in [5, 5.41) is 0. The van der Waals surface area contributed by atoms with E-state index in [2.05, 4.69) is 36.9 Å². The second-order valence-electron chi connectivity index (χ2n) is 5.42. The molecule has 0 N–H and O–H groups in total. The Balaban J connectivity index is 1.81. The Morgan fingerprint density at radius 2 is 2.06 bits per heavy atom. The average Bonchev–Trinajstić information content (AvgIpc) is 2.45. The Hall–Kier alpha value is -1.24. The zero-order valence-corrected chi connectivity index (χ0v) is 11.4. The van der Waals surface area contributed by atoms with Gasteiger partial charge in [-0.3, -0.25) is 0 Å². The summed E-state index contributed by atoms with van der Waals surface area (Å²) in [6, 6.07) is 10.8. The summed E-state index contributed by atoms with van der Waals surface area (Å²) in [4.78, 5) is 0. The summed E-state index contributed by atoms with van der Waals surface area (Å²) in [5.74, 6) is 2.42. The molecule has 2 rings (SSSR count). The van der Waals surface area contributed by atoms with Crippen molar-refractivity contribution in [2.24, 2.45) is 11.8 Å². The van der Waals surface area contributed by atoms with E-state index in [4.69, 9.17) is 4.74 Å². The first-order valence-electron chi connectivity index (χ1n) is 7.06. The van der Waals surface area contributed by atoms with Gasteiger partial charge in [0, 0.05) is 5.92 Å². The number of hydrogen-bond donors (Lipinski definition) is 0. The van der Waals surface area contributed by atoms with Crippen molar-refractivity contribution in [3.63, 3.8) is 0 Å². The third kappa shape index (κ3) is 3.63. The molecule has 0 amide bonds. The lowest BCUT2D eigenvalue weighted by molar-refractivity contribution is 0.185. The molecule has 1 aromatic carbocycles. The van der Waals surface area contributed by atoms with Crippen LogP contribution in [0.15, 0.2) is 42.7 Å². The minimum atomic E-state index is 0.588. The van der Waals surface area contributed by atoms with Gasteiger partial charge in [-0.1, -0.05) is 49.8 Å². The Kier molecular flexibility index (Phi) is 4.86. The minimum Gasteiger partial charge on any atom is -0.501 e. The normalized spacial score (nSPS) is 23.6. The molecule has 0 bridgehead atoms. The first-order chi connectivity index (χ1) is 8.79. The van der Waals surface area contributed by atoms with Crippen LogP contribution in [0.3, 0.4) is 0 Å². The van der Waals surface area contributed by atoms with E-state index in [9.17, 15) is 0 Å². The molecule has 1 aliphatic rings. The van der Waals surface area contributed by atoms with Crippen LogP contribution in [0, 0.1) is 11.8 Å². The molecule has 18 heavy (non-hydrogen) atoms. The predicted molar refractivity (Wildman–Crippen MR) is 76.4 cm³/mol. The van der Waals surface area contributed by atoms with Crippen LogP contribution in [0.25, 0.3) is 0 Å². The molecule has 1 aliphatic carbocycles. The first kappa shape index (κ1) is 13.2. The zero-order chi connectivity index (χ0) is 12.8. The van der Waals surface area contributed by atoms with Crippen molar-refractivity contribution in [3.05, 3.63) is 48.2 Å². The monoisotopic (exact) mass is 244 g/mol. The highest BCUT2D eigenvalue weighted by Crippen LogP contribution is 2.35. The summed E-state index contributed by atoms with van der Waals surface area (Å²) in [6.07, 6.45) is 7.73. The number of allylic oxidation sites excluding steroid dienone is 1. The molecule has 1 nitrogen and oxygen atoms in total. The third-order valence-electron chi connectivity index (χ3n) is 4.18. The molecule has 1 saturated carbocycles. The van der Waals surface area contributed by atoms with Gasteiger partial charge in [0.2, 0.25) is 0 Å². The van der Waals surface area contributed by atoms with Crippen molar-refractivity contribution in [3.8, 4) is 0 Å². The van der Waals surface area contributed by atoms with Crippen molar-refractivity contribution in [1.82, 2.24) is 0 Å². The smallest absolute Gasteiger partial charge is 0.0914 e. The van der Waals surface area contributed by atoms with Crippen LogP contribution in [0.4, 0.5) is 0 Å². The summed E-state index contributed by atoms with van der Waals surface area (Å²) >= 11 is 0. The highest BCUT2D eigenvalue weighted by atomic mass is 16.5. The molecule has 1 fully saturated rings. The van der Waals surface area contributed by atoms with Gasteiger partial charge in [-0.05, 0) is 37.2 Å². The molecule has 0 radical (unpaired) electrons. The number of rotatable bonds is 5. The molecule has 2 atom stereocenters. The van der Waals surface area contributed by atoms with Gasteiger partial charge in [0.15, 0.2) is 0 Å². The SMILES string of the molecule is C=C(OC)C1CCCC(CCc2ccccc2)C1. The molecule has 0 aliphatic heterocycles. The Bertz CT molecular complexity index is 368. The van der Waals surface area contributed by atoms with Crippen LogP contribution in [0.2, 0.25) is 0 Å². The molecule has 1 aromatic rings. The number of ether oxygens (including phenoxy) is 1. The molecule has 0 aromatic heterocycles. The van der Waals surface area contributed by atoms with E-state index in [1.165, 1.54) is 44.1 Å². The van der Waals surface area contributed by atoms with Gasteiger partial charge in [0.1, 0.15) is 0 Å². The fourth-order valence-electron chi connectivity index (χ4n) is 3.03. The molecule has 0 saturated heterocycles. The van der Waals surface area contributed by atoms with Crippen LogP contribution in [-0.4, -0.2) is 7.11 Å². The van der Waals surface area contributed by atoms with E-state index >= 15 is 0 Å². The quantitative estimate of drug-likeness (QED) is 0.689. The van der Waals surface area contributed by atoms with Gasteiger partial charge in [0.05, 0.1) is 12.9 Å². The van der Waals surface area contributed by atoms with Crippen LogP contribution in [0.5, 0.6) is 0 Å². The number of hydrogen-bond acceptors (Lipinski definition) is 1. The van der Waals surface area contributed by atoms with Gasteiger partial charge in [0.25, 0.3) is 0 Å². The first-order valence-corrected chi connectivity index (χ1v) is 7.06. The van der Waals surface area contributed by atoms with Crippen molar-refractivity contribution in [1.29, 1.82) is 0 Å². The lowest BCUT2D eigenvalue weighted by Gasteiger charge is -2.29. The average molecular weight is 244 g/mol. The lowest BCUT2D eigenvalue weighted by Crippen LogP contribution is -2.18. The van der Waals surface area contributed by atoms with Crippen molar-refractivity contribution in [2.75, 3.05) is 7.11 Å². The van der Waals surface area contributed by atoms with Crippen molar-refractivity contribution >= 4 is 0 Å². The highest BCUT2D eigenvalue weighted by molar-refractivity contribution is 5.14. The molecule has 1 heteroatoms. The van der Waals surface area contributed by atoms with Crippen LogP contribution >= 0.6 is 0 Å². The van der Waals surface area contributed by atoms with Gasteiger partial charge in [-0.15, -0.1) is 0 Å². The van der Waals surface area contributed by atoms with E-state index in [0.29, 0.717) is 5.92 Å². The second-order valence-corrected chi connectivity index (χ2v) is 5.42. The van der Waals surface area contributed by atoms with Gasteiger partial charge in [-0.25, -0.2) is 0 Å². The Morgan fingerprint density at radius 3 is 2.78 bits per heavy atom. The van der Waals surface area contributed by atoms with Crippen LogP contribution < -0.4 is 0 Å².